The number of carbonyl (C=O) groups excluding carboxylic acids is 2. The van der Waals surface area contributed by atoms with Crippen LogP contribution in [0.15, 0.2) is 40.9 Å². The van der Waals surface area contributed by atoms with Gasteiger partial charge in [0.05, 0.1) is 0 Å². The summed E-state index contributed by atoms with van der Waals surface area (Å²) < 4.78 is 5.29. The topological polar surface area (TPSA) is 100 Å². The normalized spacial score (nSPS) is 10.8. The summed E-state index contributed by atoms with van der Waals surface area (Å²) in [6, 6.07) is 10.7. The molecule has 3 amide bonds. The molecular formula is C24H29N5O3. The number of nitrogens with zero attached hydrogens (tertiary/aromatic N) is 3. The van der Waals surface area contributed by atoms with Gasteiger partial charge in [-0.3, -0.25) is 4.79 Å². The van der Waals surface area contributed by atoms with E-state index in [-0.39, 0.29) is 24.4 Å². The number of carbonyl (C=O) groups is 2. The molecule has 0 aliphatic carbocycles. The summed E-state index contributed by atoms with van der Waals surface area (Å²) in [4.78, 5) is 30.7. The fraction of sp³-hybridized carbons (Fsp3) is 0.333. The lowest BCUT2D eigenvalue weighted by molar-refractivity contribution is -0.116. The number of aryl methyl sites for hydroxylation is 3. The van der Waals surface area contributed by atoms with E-state index < -0.39 is 0 Å². The van der Waals surface area contributed by atoms with Gasteiger partial charge in [-0.1, -0.05) is 36.7 Å². The number of hydrogen-bond donors (Lipinski definition) is 2. The lowest BCUT2D eigenvalue weighted by Gasteiger charge is -2.19. The number of likely N-dealkylation sites (N-methyl/N-ethyl adjacent to an activating group) is 1. The Hall–Kier alpha value is -3.68. The predicted molar refractivity (Wildman–Crippen MR) is 125 cm³/mol. The minimum atomic E-state index is -0.384. The Kier molecular flexibility index (Phi) is 6.92. The molecule has 8 nitrogen and oxygen atoms in total. The quantitative estimate of drug-likeness (QED) is 0.574. The van der Waals surface area contributed by atoms with Crippen LogP contribution in [0.4, 0.5) is 16.2 Å². The van der Waals surface area contributed by atoms with Crippen LogP contribution < -0.4 is 10.6 Å². The van der Waals surface area contributed by atoms with Crippen molar-refractivity contribution in [3.63, 3.8) is 0 Å². The molecule has 0 aliphatic heterocycles. The summed E-state index contributed by atoms with van der Waals surface area (Å²) in [5.41, 5.74) is 5.26. The smallest absolute Gasteiger partial charge is 0.322 e. The van der Waals surface area contributed by atoms with Crippen molar-refractivity contribution in [1.29, 1.82) is 0 Å². The van der Waals surface area contributed by atoms with Crippen LogP contribution in [0.25, 0.3) is 11.5 Å². The molecule has 0 bridgehead atoms. The lowest BCUT2D eigenvalue weighted by Crippen LogP contribution is -2.37. The minimum absolute atomic E-state index is 0.0728. The number of anilines is 2. The Balaban J connectivity index is 1.57. The van der Waals surface area contributed by atoms with E-state index in [4.69, 9.17) is 4.52 Å². The van der Waals surface area contributed by atoms with Gasteiger partial charge in [-0.15, -0.1) is 0 Å². The summed E-state index contributed by atoms with van der Waals surface area (Å²) in [7, 11) is 1.57. The molecule has 3 rings (SSSR count). The van der Waals surface area contributed by atoms with E-state index >= 15 is 0 Å². The van der Waals surface area contributed by atoms with Gasteiger partial charge in [0.25, 0.3) is 5.89 Å². The van der Waals surface area contributed by atoms with Crippen molar-refractivity contribution in [3.8, 4) is 11.5 Å². The average Bonchev–Trinajstić information content (AvgIpc) is 3.22. The summed E-state index contributed by atoms with van der Waals surface area (Å²) in [6.07, 6.45) is 0. The number of urea groups is 1. The van der Waals surface area contributed by atoms with Gasteiger partial charge in [0.15, 0.2) is 5.82 Å². The van der Waals surface area contributed by atoms with E-state index in [1.807, 2.05) is 46.8 Å². The zero-order chi connectivity index (χ0) is 23.4. The minimum Gasteiger partial charge on any atom is -0.334 e. The molecule has 0 saturated carbocycles. The van der Waals surface area contributed by atoms with Crippen molar-refractivity contribution in [2.75, 3.05) is 24.2 Å². The van der Waals surface area contributed by atoms with Gasteiger partial charge in [0.2, 0.25) is 5.91 Å². The van der Waals surface area contributed by atoms with Crippen molar-refractivity contribution in [1.82, 2.24) is 15.0 Å². The second kappa shape index (κ2) is 9.64. The molecule has 3 aromatic rings. The van der Waals surface area contributed by atoms with Crippen LogP contribution in [0.2, 0.25) is 0 Å². The Morgan fingerprint density at radius 2 is 1.66 bits per heavy atom. The summed E-state index contributed by atoms with van der Waals surface area (Å²) >= 11 is 0. The van der Waals surface area contributed by atoms with Gasteiger partial charge in [0.1, 0.15) is 6.54 Å². The van der Waals surface area contributed by atoms with Crippen LogP contribution in [0, 0.1) is 20.8 Å². The molecule has 32 heavy (non-hydrogen) atoms. The first-order chi connectivity index (χ1) is 15.1. The molecule has 0 radical (unpaired) electrons. The maximum Gasteiger partial charge on any atom is 0.322 e. The van der Waals surface area contributed by atoms with E-state index in [0.29, 0.717) is 17.4 Å². The average molecular weight is 436 g/mol. The van der Waals surface area contributed by atoms with Crippen molar-refractivity contribution in [3.05, 3.63) is 58.9 Å². The molecule has 168 valence electrons. The van der Waals surface area contributed by atoms with Crippen LogP contribution in [0.3, 0.4) is 0 Å². The van der Waals surface area contributed by atoms with Crippen LogP contribution in [0.5, 0.6) is 0 Å². The highest BCUT2D eigenvalue weighted by Crippen LogP contribution is 2.23. The Morgan fingerprint density at radius 1 is 1.03 bits per heavy atom. The zero-order valence-electron chi connectivity index (χ0n) is 19.3. The maximum atomic E-state index is 12.5. The molecule has 0 fully saturated rings. The van der Waals surface area contributed by atoms with Gasteiger partial charge in [-0.05, 0) is 56.2 Å². The Labute approximate surface area is 188 Å². The molecule has 0 atom stereocenters. The maximum absolute atomic E-state index is 12.5. The number of aromatic nitrogens is 2. The highest BCUT2D eigenvalue weighted by Gasteiger charge is 2.16. The molecule has 0 aliphatic rings. The van der Waals surface area contributed by atoms with Crippen LogP contribution in [-0.2, 0) is 4.79 Å². The third kappa shape index (κ3) is 5.51. The van der Waals surface area contributed by atoms with E-state index in [1.165, 1.54) is 4.90 Å². The SMILES string of the molecule is Cc1cc(C)c(NC(=O)CN(C)C(=O)Nc2ccc(-c3nc(C(C)C)no3)cc2)c(C)c1. The first-order valence-corrected chi connectivity index (χ1v) is 10.5. The predicted octanol–water partition coefficient (Wildman–Crippen LogP) is 4.89. The molecular weight excluding hydrogens is 406 g/mol. The van der Waals surface area contributed by atoms with Crippen molar-refractivity contribution in [2.45, 2.75) is 40.5 Å². The number of benzene rings is 2. The largest absolute Gasteiger partial charge is 0.334 e. The molecule has 2 N–H and O–H groups in total. The summed E-state index contributed by atoms with van der Waals surface area (Å²) in [5.74, 6) is 0.999. The van der Waals surface area contributed by atoms with Gasteiger partial charge in [-0.2, -0.15) is 4.98 Å². The summed E-state index contributed by atoms with van der Waals surface area (Å²) in [6.45, 7) is 9.83. The van der Waals surface area contributed by atoms with Crippen molar-refractivity contribution >= 4 is 23.3 Å². The fourth-order valence-corrected chi connectivity index (χ4v) is 3.35. The van der Waals surface area contributed by atoms with Gasteiger partial charge in [-0.25, -0.2) is 4.79 Å². The monoisotopic (exact) mass is 435 g/mol. The Bertz CT molecular complexity index is 1100. The van der Waals surface area contributed by atoms with Crippen molar-refractivity contribution < 1.29 is 14.1 Å². The Morgan fingerprint density at radius 3 is 2.22 bits per heavy atom. The number of amides is 3. The van der Waals surface area contributed by atoms with Gasteiger partial charge in [0, 0.05) is 29.9 Å². The van der Waals surface area contributed by atoms with Crippen LogP contribution >= 0.6 is 0 Å². The third-order valence-corrected chi connectivity index (χ3v) is 5.01. The fourth-order valence-electron chi connectivity index (χ4n) is 3.35. The highest BCUT2D eigenvalue weighted by molar-refractivity contribution is 5.97. The molecule has 0 saturated heterocycles. The first kappa shape index (κ1) is 23.0. The van der Waals surface area contributed by atoms with Crippen molar-refractivity contribution in [2.24, 2.45) is 0 Å². The number of rotatable bonds is 6. The molecule has 0 unspecified atom stereocenters. The lowest BCUT2D eigenvalue weighted by atomic mass is 10.1. The van der Waals surface area contributed by atoms with Gasteiger partial charge >= 0.3 is 6.03 Å². The summed E-state index contributed by atoms with van der Waals surface area (Å²) in [5, 5.41) is 9.65. The molecule has 1 aromatic heterocycles. The standard InChI is InChI=1S/C24H29N5O3/c1-14(2)22-27-23(32-28-22)18-7-9-19(10-8-18)25-24(31)29(6)13-20(30)26-21-16(4)11-15(3)12-17(21)5/h7-12,14H,13H2,1-6H3,(H,25,31)(H,26,30). The molecule has 8 heteroatoms. The number of hydrogen-bond acceptors (Lipinski definition) is 5. The van der Waals surface area contributed by atoms with E-state index in [2.05, 4.69) is 20.8 Å². The molecule has 0 spiro atoms. The molecule has 2 aromatic carbocycles. The van der Waals surface area contributed by atoms with Gasteiger partial charge < -0.3 is 20.1 Å². The number of nitrogens with one attached hydrogen (secondary N) is 2. The second-order valence-corrected chi connectivity index (χ2v) is 8.30. The first-order valence-electron chi connectivity index (χ1n) is 10.5. The molecule has 1 heterocycles. The van der Waals surface area contributed by atoms with Crippen LogP contribution in [-0.4, -0.2) is 40.6 Å². The third-order valence-electron chi connectivity index (χ3n) is 5.01. The second-order valence-electron chi connectivity index (χ2n) is 8.30. The van der Waals surface area contributed by atoms with E-state index in [1.54, 1.807) is 31.3 Å². The van der Waals surface area contributed by atoms with E-state index in [9.17, 15) is 9.59 Å². The van der Waals surface area contributed by atoms with E-state index in [0.717, 1.165) is 27.9 Å². The zero-order valence-corrected chi connectivity index (χ0v) is 19.3. The highest BCUT2D eigenvalue weighted by atomic mass is 16.5. The van der Waals surface area contributed by atoms with Crippen LogP contribution in [0.1, 0.15) is 42.3 Å².